The van der Waals surface area contributed by atoms with Gasteiger partial charge in [0, 0.05) is 0 Å². The zero-order chi connectivity index (χ0) is 10.8. The van der Waals surface area contributed by atoms with Gasteiger partial charge in [0.1, 0.15) is 6.61 Å². The first kappa shape index (κ1) is 13.2. The van der Waals surface area contributed by atoms with E-state index in [4.69, 9.17) is 15.6 Å². The summed E-state index contributed by atoms with van der Waals surface area (Å²) in [6, 6.07) is 0. The van der Waals surface area contributed by atoms with Crippen molar-refractivity contribution >= 4 is 6.09 Å². The average molecular weight is 205 g/mol. The van der Waals surface area contributed by atoms with Crippen molar-refractivity contribution in [3.05, 3.63) is 0 Å². The van der Waals surface area contributed by atoms with Crippen LogP contribution in [0.3, 0.4) is 0 Å². The number of carbonyl (C=O) groups excluding carboxylic acids is 1. The van der Waals surface area contributed by atoms with Crippen LogP contribution in [0.1, 0.15) is 26.2 Å². The fourth-order valence-corrected chi connectivity index (χ4v) is 1.02. The van der Waals surface area contributed by atoms with Crippen LogP contribution in [0.4, 0.5) is 4.79 Å². The van der Waals surface area contributed by atoms with E-state index in [1.165, 1.54) is 0 Å². The molecule has 0 bridgehead atoms. The lowest BCUT2D eigenvalue weighted by molar-refractivity contribution is -0.0108. The number of nitrogens with two attached hydrogens (primary N) is 1. The van der Waals surface area contributed by atoms with Gasteiger partial charge in [0.05, 0.1) is 19.3 Å². The quantitative estimate of drug-likeness (QED) is 0.570. The minimum absolute atomic E-state index is 0.00340. The number of hydrogen-bond donors (Lipinski definition) is 2. The van der Waals surface area contributed by atoms with E-state index in [-0.39, 0.29) is 25.9 Å². The largest absolute Gasteiger partial charge is 0.447 e. The lowest BCUT2D eigenvalue weighted by Gasteiger charge is -2.14. The topological polar surface area (TPSA) is 81.8 Å². The van der Waals surface area contributed by atoms with Gasteiger partial charge in [-0.25, -0.2) is 4.79 Å². The summed E-state index contributed by atoms with van der Waals surface area (Å²) in [7, 11) is 0. The molecule has 0 aliphatic rings. The summed E-state index contributed by atoms with van der Waals surface area (Å²) in [6.07, 6.45) is 1.94. The Morgan fingerprint density at radius 2 is 2.21 bits per heavy atom. The third kappa shape index (κ3) is 7.82. The summed E-state index contributed by atoms with van der Waals surface area (Å²) < 4.78 is 9.73. The smallest absolute Gasteiger partial charge is 0.404 e. The maximum atomic E-state index is 10.2. The zero-order valence-corrected chi connectivity index (χ0v) is 8.57. The minimum Gasteiger partial charge on any atom is -0.447 e. The van der Waals surface area contributed by atoms with E-state index in [2.05, 4.69) is 11.7 Å². The van der Waals surface area contributed by atoms with Gasteiger partial charge in [-0.2, -0.15) is 0 Å². The second-order valence-electron chi connectivity index (χ2n) is 2.99. The second kappa shape index (κ2) is 8.77. The Hall–Kier alpha value is -0.810. The number of unbranched alkanes of at least 4 members (excludes halogenated alkanes) is 1. The molecule has 0 aliphatic carbocycles. The number of amides is 1. The highest BCUT2D eigenvalue weighted by molar-refractivity contribution is 5.64. The Labute approximate surface area is 84.2 Å². The first-order chi connectivity index (χ1) is 6.70. The van der Waals surface area contributed by atoms with Crippen molar-refractivity contribution in [2.24, 2.45) is 5.73 Å². The van der Waals surface area contributed by atoms with Crippen molar-refractivity contribution < 1.29 is 19.4 Å². The van der Waals surface area contributed by atoms with E-state index in [9.17, 15) is 4.79 Å². The maximum absolute atomic E-state index is 10.2. The molecule has 0 fully saturated rings. The number of carbonyl (C=O) groups is 1. The van der Waals surface area contributed by atoms with Gasteiger partial charge in [-0.1, -0.05) is 19.8 Å². The number of aliphatic hydroxyl groups is 1. The van der Waals surface area contributed by atoms with Crippen molar-refractivity contribution in [1.29, 1.82) is 0 Å². The van der Waals surface area contributed by atoms with Crippen LogP contribution in [0.25, 0.3) is 0 Å². The summed E-state index contributed by atoms with van der Waals surface area (Å²) in [5.41, 5.74) is 4.76. The zero-order valence-electron chi connectivity index (χ0n) is 8.57. The average Bonchev–Trinajstić information content (AvgIpc) is 2.16. The Morgan fingerprint density at radius 3 is 2.71 bits per heavy atom. The predicted molar refractivity (Wildman–Crippen MR) is 51.9 cm³/mol. The molecular formula is C9H19NO4. The van der Waals surface area contributed by atoms with Crippen LogP contribution >= 0.6 is 0 Å². The number of hydrogen-bond acceptors (Lipinski definition) is 4. The molecule has 0 radical (unpaired) electrons. The van der Waals surface area contributed by atoms with E-state index < -0.39 is 6.09 Å². The van der Waals surface area contributed by atoms with Crippen LogP contribution < -0.4 is 5.73 Å². The van der Waals surface area contributed by atoms with Crippen LogP contribution in [0, 0.1) is 0 Å². The number of rotatable bonds is 8. The summed E-state index contributed by atoms with van der Waals surface area (Å²) in [6.45, 7) is 2.48. The SMILES string of the molecule is CCCCC(CO)OCCOC(N)=O. The van der Waals surface area contributed by atoms with Crippen molar-refractivity contribution in [2.75, 3.05) is 19.8 Å². The fourth-order valence-electron chi connectivity index (χ4n) is 1.02. The molecular weight excluding hydrogens is 186 g/mol. The van der Waals surface area contributed by atoms with E-state index in [1.807, 2.05) is 0 Å². The van der Waals surface area contributed by atoms with E-state index in [0.717, 1.165) is 19.3 Å². The minimum atomic E-state index is -0.803. The molecule has 5 heteroatoms. The number of ether oxygens (including phenoxy) is 2. The van der Waals surface area contributed by atoms with Crippen LogP contribution in [0.2, 0.25) is 0 Å². The molecule has 0 spiro atoms. The molecule has 1 amide bonds. The monoisotopic (exact) mass is 205 g/mol. The molecule has 1 atom stereocenters. The lowest BCUT2D eigenvalue weighted by Crippen LogP contribution is -2.22. The first-order valence-electron chi connectivity index (χ1n) is 4.85. The van der Waals surface area contributed by atoms with Gasteiger partial charge in [0.15, 0.2) is 0 Å². The van der Waals surface area contributed by atoms with Crippen molar-refractivity contribution in [2.45, 2.75) is 32.3 Å². The Bertz CT molecular complexity index is 152. The highest BCUT2D eigenvalue weighted by Crippen LogP contribution is 2.03. The third-order valence-corrected chi connectivity index (χ3v) is 1.76. The molecule has 0 saturated heterocycles. The van der Waals surface area contributed by atoms with E-state index in [1.54, 1.807) is 0 Å². The molecule has 0 rings (SSSR count). The highest BCUT2D eigenvalue weighted by atomic mass is 16.6. The Kier molecular flexibility index (Phi) is 8.27. The van der Waals surface area contributed by atoms with Crippen LogP contribution in [-0.4, -0.2) is 37.1 Å². The van der Waals surface area contributed by atoms with Gasteiger partial charge in [-0.3, -0.25) is 0 Å². The maximum Gasteiger partial charge on any atom is 0.404 e. The molecule has 84 valence electrons. The molecule has 5 nitrogen and oxygen atoms in total. The van der Waals surface area contributed by atoms with Crippen molar-refractivity contribution in [1.82, 2.24) is 0 Å². The van der Waals surface area contributed by atoms with Gasteiger partial charge in [0.25, 0.3) is 0 Å². The molecule has 14 heavy (non-hydrogen) atoms. The molecule has 0 aromatic carbocycles. The van der Waals surface area contributed by atoms with E-state index >= 15 is 0 Å². The van der Waals surface area contributed by atoms with Gasteiger partial charge < -0.3 is 20.3 Å². The van der Waals surface area contributed by atoms with Gasteiger partial charge >= 0.3 is 6.09 Å². The third-order valence-electron chi connectivity index (χ3n) is 1.76. The number of aliphatic hydroxyl groups excluding tert-OH is 1. The molecule has 0 aliphatic heterocycles. The van der Waals surface area contributed by atoms with E-state index in [0.29, 0.717) is 0 Å². The lowest BCUT2D eigenvalue weighted by atomic mass is 10.2. The van der Waals surface area contributed by atoms with Crippen LogP contribution in [0.15, 0.2) is 0 Å². The normalized spacial score (nSPS) is 12.4. The highest BCUT2D eigenvalue weighted by Gasteiger charge is 2.06. The van der Waals surface area contributed by atoms with Gasteiger partial charge in [-0.15, -0.1) is 0 Å². The van der Waals surface area contributed by atoms with Gasteiger partial charge in [-0.05, 0) is 6.42 Å². The second-order valence-corrected chi connectivity index (χ2v) is 2.99. The first-order valence-corrected chi connectivity index (χ1v) is 4.85. The van der Waals surface area contributed by atoms with Gasteiger partial charge in [0.2, 0.25) is 0 Å². The molecule has 0 saturated carbocycles. The molecule has 0 aromatic rings. The Balaban J connectivity index is 3.37. The van der Waals surface area contributed by atoms with Crippen molar-refractivity contribution in [3.63, 3.8) is 0 Å². The summed E-state index contributed by atoms with van der Waals surface area (Å²) in [5.74, 6) is 0. The molecule has 3 N–H and O–H groups in total. The molecule has 1 unspecified atom stereocenters. The van der Waals surface area contributed by atoms with Crippen LogP contribution in [-0.2, 0) is 9.47 Å². The molecule has 0 heterocycles. The fraction of sp³-hybridized carbons (Fsp3) is 0.889. The van der Waals surface area contributed by atoms with Crippen molar-refractivity contribution in [3.8, 4) is 0 Å². The number of primary amides is 1. The Morgan fingerprint density at radius 1 is 1.50 bits per heavy atom. The molecule has 0 aromatic heterocycles. The standard InChI is InChI=1S/C9H19NO4/c1-2-3-4-8(7-11)13-5-6-14-9(10)12/h8,11H,2-7H2,1H3,(H2,10,12). The van der Waals surface area contributed by atoms with Crippen LogP contribution in [0.5, 0.6) is 0 Å². The predicted octanol–water partition coefficient (Wildman–Crippen LogP) is 0.649. The summed E-state index contributed by atoms with van der Waals surface area (Å²) in [5, 5.41) is 8.90. The summed E-state index contributed by atoms with van der Waals surface area (Å²) >= 11 is 0. The summed E-state index contributed by atoms with van der Waals surface area (Å²) in [4.78, 5) is 10.2.